The molecule has 23 heavy (non-hydrogen) atoms. The molecule has 2 atom stereocenters. The van der Waals surface area contributed by atoms with Crippen LogP contribution in [-0.4, -0.2) is 43.6 Å². The molecule has 1 aromatic carbocycles. The van der Waals surface area contributed by atoms with Crippen molar-refractivity contribution in [2.24, 2.45) is 11.7 Å². The van der Waals surface area contributed by atoms with Crippen LogP contribution in [-0.2, 0) is 4.79 Å². The Morgan fingerprint density at radius 2 is 2.26 bits per heavy atom. The van der Waals surface area contributed by atoms with Gasteiger partial charge in [0.25, 0.3) is 0 Å². The lowest BCUT2D eigenvalue weighted by Crippen LogP contribution is -2.49. The second-order valence-electron chi connectivity index (χ2n) is 5.88. The molecular formula is C16H25Cl2N3O2. The van der Waals surface area contributed by atoms with Gasteiger partial charge in [0.2, 0.25) is 5.91 Å². The van der Waals surface area contributed by atoms with E-state index in [0.717, 1.165) is 19.4 Å². The molecule has 0 bridgehead atoms. The van der Waals surface area contributed by atoms with Crippen LogP contribution in [0.2, 0.25) is 5.02 Å². The summed E-state index contributed by atoms with van der Waals surface area (Å²) in [5.41, 5.74) is 6.43. The van der Waals surface area contributed by atoms with Crippen molar-refractivity contribution in [1.82, 2.24) is 4.90 Å². The van der Waals surface area contributed by atoms with Crippen molar-refractivity contribution in [3.63, 3.8) is 0 Å². The van der Waals surface area contributed by atoms with Crippen LogP contribution in [0.25, 0.3) is 0 Å². The van der Waals surface area contributed by atoms with Crippen LogP contribution in [0.5, 0.6) is 5.75 Å². The Bertz CT molecular complexity index is 528. The molecule has 1 amide bonds. The first-order valence-electron chi connectivity index (χ1n) is 7.61. The number of methoxy groups -OCH3 is 1. The summed E-state index contributed by atoms with van der Waals surface area (Å²) in [5, 5.41) is 3.43. The number of piperidine rings is 1. The molecular weight excluding hydrogens is 337 g/mol. The summed E-state index contributed by atoms with van der Waals surface area (Å²) in [5.74, 6) is 1.19. The minimum absolute atomic E-state index is 0. The van der Waals surface area contributed by atoms with E-state index >= 15 is 0 Å². The highest BCUT2D eigenvalue weighted by Gasteiger charge is 2.26. The molecule has 1 aliphatic heterocycles. The lowest BCUT2D eigenvalue weighted by Gasteiger charge is -2.37. The SMILES string of the molecule is COc1ccc(Cl)cc1NC(=O)CN1CCC(C)CC1CN.Cl. The van der Waals surface area contributed by atoms with E-state index in [-0.39, 0.29) is 24.4 Å². The fourth-order valence-corrected chi connectivity index (χ4v) is 3.08. The number of amides is 1. The van der Waals surface area contributed by atoms with Crippen molar-refractivity contribution in [3.8, 4) is 5.75 Å². The summed E-state index contributed by atoms with van der Waals surface area (Å²) in [4.78, 5) is 14.5. The monoisotopic (exact) mass is 361 g/mol. The van der Waals surface area contributed by atoms with E-state index in [4.69, 9.17) is 22.1 Å². The topological polar surface area (TPSA) is 67.6 Å². The second-order valence-corrected chi connectivity index (χ2v) is 6.32. The number of likely N-dealkylation sites (tertiary alicyclic amines) is 1. The molecule has 3 N–H and O–H groups in total. The van der Waals surface area contributed by atoms with E-state index in [2.05, 4.69) is 17.1 Å². The van der Waals surface area contributed by atoms with Crippen LogP contribution in [0.3, 0.4) is 0 Å². The number of hydrogen-bond acceptors (Lipinski definition) is 4. The Morgan fingerprint density at radius 3 is 2.91 bits per heavy atom. The Hall–Kier alpha value is -1.01. The fraction of sp³-hybridized carbons (Fsp3) is 0.562. The molecule has 2 unspecified atom stereocenters. The zero-order chi connectivity index (χ0) is 16.1. The molecule has 1 fully saturated rings. The third-order valence-electron chi connectivity index (χ3n) is 4.15. The molecule has 1 saturated heterocycles. The molecule has 0 radical (unpaired) electrons. The minimum Gasteiger partial charge on any atom is -0.495 e. The first-order valence-corrected chi connectivity index (χ1v) is 7.98. The van der Waals surface area contributed by atoms with Crippen molar-refractivity contribution < 1.29 is 9.53 Å². The molecule has 0 aliphatic carbocycles. The summed E-state index contributed by atoms with van der Waals surface area (Å²) >= 11 is 5.98. The summed E-state index contributed by atoms with van der Waals surface area (Å²) in [6.45, 7) is 4.06. The zero-order valence-corrected chi connectivity index (χ0v) is 15.1. The number of rotatable bonds is 5. The number of ether oxygens (including phenoxy) is 1. The van der Waals surface area contributed by atoms with E-state index in [1.54, 1.807) is 25.3 Å². The molecule has 0 aromatic heterocycles. The van der Waals surface area contributed by atoms with E-state index in [0.29, 0.717) is 35.5 Å². The summed E-state index contributed by atoms with van der Waals surface area (Å²) in [7, 11) is 1.56. The Kier molecular flexibility index (Phi) is 8.12. The molecule has 0 spiro atoms. The third kappa shape index (κ3) is 5.53. The van der Waals surface area contributed by atoms with Gasteiger partial charge < -0.3 is 15.8 Å². The van der Waals surface area contributed by atoms with Crippen molar-refractivity contribution in [1.29, 1.82) is 0 Å². The number of nitrogens with two attached hydrogens (primary N) is 1. The van der Waals surface area contributed by atoms with Gasteiger partial charge >= 0.3 is 0 Å². The number of anilines is 1. The third-order valence-corrected chi connectivity index (χ3v) is 4.39. The summed E-state index contributed by atoms with van der Waals surface area (Å²) < 4.78 is 5.24. The highest BCUT2D eigenvalue weighted by Crippen LogP contribution is 2.28. The van der Waals surface area contributed by atoms with Crippen LogP contribution in [0.15, 0.2) is 18.2 Å². The van der Waals surface area contributed by atoms with Crippen molar-refractivity contribution in [2.75, 3.05) is 32.1 Å². The Morgan fingerprint density at radius 1 is 1.52 bits per heavy atom. The first-order chi connectivity index (χ1) is 10.5. The largest absolute Gasteiger partial charge is 0.495 e. The molecule has 2 rings (SSSR count). The lowest BCUT2D eigenvalue weighted by atomic mass is 9.92. The Balaban J connectivity index is 0.00000264. The summed E-state index contributed by atoms with van der Waals surface area (Å²) in [6.07, 6.45) is 2.15. The van der Waals surface area contributed by atoms with E-state index in [1.165, 1.54) is 0 Å². The number of nitrogens with zero attached hydrogens (tertiary/aromatic N) is 1. The molecule has 1 aromatic rings. The highest BCUT2D eigenvalue weighted by molar-refractivity contribution is 6.31. The van der Waals surface area contributed by atoms with Crippen molar-refractivity contribution >= 4 is 35.6 Å². The number of benzene rings is 1. The number of halogens is 2. The van der Waals surface area contributed by atoms with Gasteiger partial charge in [0.05, 0.1) is 19.3 Å². The normalized spacial score (nSPS) is 21.4. The van der Waals surface area contributed by atoms with Crippen LogP contribution < -0.4 is 15.8 Å². The molecule has 5 nitrogen and oxygen atoms in total. The van der Waals surface area contributed by atoms with Gasteiger partial charge in [-0.05, 0) is 43.5 Å². The van der Waals surface area contributed by atoms with Gasteiger partial charge in [-0.3, -0.25) is 9.69 Å². The Labute approximate surface area is 148 Å². The fourth-order valence-electron chi connectivity index (χ4n) is 2.91. The second kappa shape index (κ2) is 9.33. The maximum Gasteiger partial charge on any atom is 0.238 e. The van der Waals surface area contributed by atoms with Crippen LogP contribution in [0, 0.1) is 5.92 Å². The van der Waals surface area contributed by atoms with Gasteiger partial charge in [0.15, 0.2) is 0 Å². The average Bonchev–Trinajstić information content (AvgIpc) is 2.49. The minimum atomic E-state index is -0.0754. The maximum atomic E-state index is 12.3. The summed E-state index contributed by atoms with van der Waals surface area (Å²) in [6, 6.07) is 5.43. The van der Waals surface area contributed by atoms with Gasteiger partial charge in [-0.2, -0.15) is 0 Å². The quantitative estimate of drug-likeness (QED) is 0.845. The maximum absolute atomic E-state index is 12.3. The van der Waals surface area contributed by atoms with Gasteiger partial charge in [-0.25, -0.2) is 0 Å². The van der Waals surface area contributed by atoms with E-state index in [9.17, 15) is 4.79 Å². The molecule has 0 saturated carbocycles. The standard InChI is InChI=1S/C16H24ClN3O2.ClH/c1-11-5-6-20(13(7-11)9-18)10-16(21)19-14-8-12(17)3-4-15(14)22-2;/h3-4,8,11,13H,5-7,9-10,18H2,1-2H3,(H,19,21);1H. The average molecular weight is 362 g/mol. The van der Waals surface area contributed by atoms with Crippen LogP contribution >= 0.6 is 24.0 Å². The van der Waals surface area contributed by atoms with Gasteiger partial charge in [0, 0.05) is 17.6 Å². The first kappa shape index (κ1) is 20.0. The zero-order valence-electron chi connectivity index (χ0n) is 13.5. The number of hydrogen-bond donors (Lipinski definition) is 2. The molecule has 7 heteroatoms. The van der Waals surface area contributed by atoms with Crippen molar-refractivity contribution in [2.45, 2.75) is 25.8 Å². The van der Waals surface area contributed by atoms with E-state index < -0.39 is 0 Å². The number of carbonyl (C=O) groups excluding carboxylic acids is 1. The highest BCUT2D eigenvalue weighted by atomic mass is 35.5. The molecule has 1 aliphatic rings. The van der Waals surface area contributed by atoms with Gasteiger partial charge in [-0.1, -0.05) is 18.5 Å². The smallest absolute Gasteiger partial charge is 0.238 e. The molecule has 130 valence electrons. The predicted octanol–water partition coefficient (Wildman–Crippen LogP) is 2.77. The number of nitrogens with one attached hydrogen (secondary N) is 1. The predicted molar refractivity (Wildman–Crippen MR) is 96.7 cm³/mol. The van der Waals surface area contributed by atoms with Crippen LogP contribution in [0.4, 0.5) is 5.69 Å². The van der Waals surface area contributed by atoms with E-state index in [1.807, 2.05) is 0 Å². The number of carbonyl (C=O) groups is 1. The van der Waals surface area contributed by atoms with Crippen LogP contribution in [0.1, 0.15) is 19.8 Å². The van der Waals surface area contributed by atoms with Gasteiger partial charge in [0.1, 0.15) is 5.75 Å². The van der Waals surface area contributed by atoms with Gasteiger partial charge in [-0.15, -0.1) is 12.4 Å². The van der Waals surface area contributed by atoms with Crippen molar-refractivity contribution in [3.05, 3.63) is 23.2 Å². The molecule has 1 heterocycles. The lowest BCUT2D eigenvalue weighted by molar-refractivity contribution is -0.118.